The normalized spacial score (nSPS) is 23.6. The monoisotopic (exact) mass is 219 g/mol. The first-order valence-electron chi connectivity index (χ1n) is 6.28. The van der Waals surface area contributed by atoms with Gasteiger partial charge in [0.25, 0.3) is 0 Å². The standard InChI is InChI=1S/C14H21NO/c1-3-4-7-11-10-13(15-2)12-8-5-6-9-14(12)16-11/h5-6,8-9,11,13,15H,3-4,7,10H2,1-2H3. The molecule has 1 aromatic carbocycles. The Kier molecular flexibility index (Phi) is 3.83. The third-order valence-electron chi connectivity index (χ3n) is 3.31. The molecule has 1 aliphatic heterocycles. The molecule has 0 bridgehead atoms. The summed E-state index contributed by atoms with van der Waals surface area (Å²) in [6, 6.07) is 8.82. The summed E-state index contributed by atoms with van der Waals surface area (Å²) in [4.78, 5) is 0. The average molecular weight is 219 g/mol. The maximum Gasteiger partial charge on any atom is 0.124 e. The van der Waals surface area contributed by atoms with Gasteiger partial charge in [-0.25, -0.2) is 0 Å². The van der Waals surface area contributed by atoms with Crippen LogP contribution in [0.25, 0.3) is 0 Å². The number of fused-ring (bicyclic) bond motifs is 1. The molecule has 1 aliphatic rings. The molecular weight excluding hydrogens is 198 g/mol. The van der Waals surface area contributed by atoms with Crippen LogP contribution in [0.5, 0.6) is 5.75 Å². The molecule has 2 rings (SSSR count). The minimum atomic E-state index is 0.382. The van der Waals surface area contributed by atoms with Crippen LogP contribution in [0.1, 0.15) is 44.2 Å². The molecule has 0 saturated carbocycles. The lowest BCUT2D eigenvalue weighted by atomic mass is 9.94. The van der Waals surface area contributed by atoms with E-state index in [0.29, 0.717) is 12.1 Å². The Bertz CT molecular complexity index is 337. The van der Waals surface area contributed by atoms with Crippen molar-refractivity contribution in [2.75, 3.05) is 7.05 Å². The van der Waals surface area contributed by atoms with Crippen LogP contribution in [-0.2, 0) is 0 Å². The fraction of sp³-hybridized carbons (Fsp3) is 0.571. The Morgan fingerprint density at radius 1 is 1.38 bits per heavy atom. The van der Waals surface area contributed by atoms with Crippen molar-refractivity contribution in [3.05, 3.63) is 29.8 Å². The minimum Gasteiger partial charge on any atom is -0.490 e. The van der Waals surface area contributed by atoms with E-state index < -0.39 is 0 Å². The van der Waals surface area contributed by atoms with Crippen LogP contribution >= 0.6 is 0 Å². The highest BCUT2D eigenvalue weighted by atomic mass is 16.5. The summed E-state index contributed by atoms with van der Waals surface area (Å²) in [6.45, 7) is 2.23. The van der Waals surface area contributed by atoms with Crippen molar-refractivity contribution in [2.24, 2.45) is 0 Å². The first-order chi connectivity index (χ1) is 7.85. The molecule has 16 heavy (non-hydrogen) atoms. The van der Waals surface area contributed by atoms with Gasteiger partial charge in [0.05, 0.1) is 0 Å². The molecular formula is C14H21NO. The zero-order valence-electron chi connectivity index (χ0n) is 10.2. The first kappa shape index (κ1) is 11.5. The number of ether oxygens (including phenoxy) is 1. The quantitative estimate of drug-likeness (QED) is 0.839. The summed E-state index contributed by atoms with van der Waals surface area (Å²) in [5.41, 5.74) is 1.30. The van der Waals surface area contributed by atoms with Crippen LogP contribution in [0.2, 0.25) is 0 Å². The average Bonchev–Trinajstić information content (AvgIpc) is 2.35. The van der Waals surface area contributed by atoms with Crippen LogP contribution in [0.3, 0.4) is 0 Å². The van der Waals surface area contributed by atoms with Crippen molar-refractivity contribution in [1.82, 2.24) is 5.32 Å². The maximum atomic E-state index is 6.03. The molecule has 1 aromatic rings. The van der Waals surface area contributed by atoms with E-state index in [9.17, 15) is 0 Å². The summed E-state index contributed by atoms with van der Waals surface area (Å²) < 4.78 is 6.03. The van der Waals surface area contributed by atoms with E-state index in [1.165, 1.54) is 24.8 Å². The van der Waals surface area contributed by atoms with Gasteiger partial charge in [0, 0.05) is 18.0 Å². The summed E-state index contributed by atoms with van der Waals surface area (Å²) in [5, 5.41) is 3.39. The van der Waals surface area contributed by atoms with Crippen molar-refractivity contribution in [2.45, 2.75) is 44.8 Å². The molecule has 88 valence electrons. The molecule has 2 nitrogen and oxygen atoms in total. The largest absolute Gasteiger partial charge is 0.490 e. The Balaban J connectivity index is 2.12. The van der Waals surface area contributed by atoms with Gasteiger partial charge in [-0.3, -0.25) is 0 Å². The summed E-state index contributed by atoms with van der Waals surface area (Å²) >= 11 is 0. The molecule has 2 unspecified atom stereocenters. The second kappa shape index (κ2) is 5.35. The third-order valence-corrected chi connectivity index (χ3v) is 3.31. The summed E-state index contributed by atoms with van der Waals surface area (Å²) in [6.07, 6.45) is 5.14. The van der Waals surface area contributed by atoms with Gasteiger partial charge in [0.2, 0.25) is 0 Å². The smallest absolute Gasteiger partial charge is 0.124 e. The molecule has 2 atom stereocenters. The maximum absolute atomic E-state index is 6.03. The molecule has 1 N–H and O–H groups in total. The van der Waals surface area contributed by atoms with E-state index >= 15 is 0 Å². The number of para-hydroxylation sites is 1. The lowest BCUT2D eigenvalue weighted by Crippen LogP contribution is -2.31. The molecule has 0 saturated heterocycles. The lowest BCUT2D eigenvalue weighted by molar-refractivity contribution is 0.140. The zero-order valence-corrected chi connectivity index (χ0v) is 10.2. The van der Waals surface area contributed by atoms with Crippen molar-refractivity contribution in [1.29, 1.82) is 0 Å². The number of benzene rings is 1. The van der Waals surface area contributed by atoms with Gasteiger partial charge in [-0.15, -0.1) is 0 Å². The van der Waals surface area contributed by atoms with E-state index in [4.69, 9.17) is 4.74 Å². The number of unbranched alkanes of at least 4 members (excludes halogenated alkanes) is 1. The van der Waals surface area contributed by atoms with Crippen molar-refractivity contribution in [3.8, 4) is 5.75 Å². The van der Waals surface area contributed by atoms with Crippen molar-refractivity contribution >= 4 is 0 Å². The van der Waals surface area contributed by atoms with E-state index in [-0.39, 0.29) is 0 Å². The molecule has 0 spiro atoms. The molecule has 1 heterocycles. The highest BCUT2D eigenvalue weighted by molar-refractivity contribution is 5.37. The lowest BCUT2D eigenvalue weighted by Gasteiger charge is -2.32. The van der Waals surface area contributed by atoms with E-state index in [0.717, 1.165) is 12.2 Å². The number of rotatable bonds is 4. The molecule has 0 aromatic heterocycles. The molecule has 0 amide bonds. The predicted octanol–water partition coefficient (Wildman–Crippen LogP) is 3.29. The van der Waals surface area contributed by atoms with Gasteiger partial charge >= 0.3 is 0 Å². The fourth-order valence-corrected chi connectivity index (χ4v) is 2.38. The number of hydrogen-bond donors (Lipinski definition) is 1. The Labute approximate surface area is 98.0 Å². The van der Waals surface area contributed by atoms with Crippen LogP contribution in [0.4, 0.5) is 0 Å². The second-order valence-electron chi connectivity index (χ2n) is 4.50. The molecule has 0 radical (unpaired) electrons. The van der Waals surface area contributed by atoms with Crippen molar-refractivity contribution in [3.63, 3.8) is 0 Å². The van der Waals surface area contributed by atoms with Crippen molar-refractivity contribution < 1.29 is 4.74 Å². The SMILES string of the molecule is CCCCC1CC(NC)c2ccccc2O1. The van der Waals surface area contributed by atoms with Gasteiger partial charge in [0.15, 0.2) is 0 Å². The van der Waals surface area contributed by atoms with E-state index in [2.05, 4.69) is 30.4 Å². The predicted molar refractivity (Wildman–Crippen MR) is 66.8 cm³/mol. The molecule has 0 fully saturated rings. The number of hydrogen-bond acceptors (Lipinski definition) is 2. The van der Waals surface area contributed by atoms with Gasteiger partial charge in [-0.1, -0.05) is 38.0 Å². The fourth-order valence-electron chi connectivity index (χ4n) is 2.38. The van der Waals surface area contributed by atoms with Crippen LogP contribution in [-0.4, -0.2) is 13.2 Å². The molecule has 2 heteroatoms. The Morgan fingerprint density at radius 2 is 2.19 bits per heavy atom. The van der Waals surface area contributed by atoms with Gasteiger partial charge in [-0.05, 0) is 19.5 Å². The Morgan fingerprint density at radius 3 is 2.94 bits per heavy atom. The number of nitrogens with one attached hydrogen (secondary N) is 1. The second-order valence-corrected chi connectivity index (χ2v) is 4.50. The third kappa shape index (κ3) is 2.38. The highest BCUT2D eigenvalue weighted by Gasteiger charge is 2.26. The zero-order chi connectivity index (χ0) is 11.4. The topological polar surface area (TPSA) is 21.3 Å². The van der Waals surface area contributed by atoms with Crippen LogP contribution in [0.15, 0.2) is 24.3 Å². The van der Waals surface area contributed by atoms with Gasteiger partial charge in [0.1, 0.15) is 11.9 Å². The van der Waals surface area contributed by atoms with Gasteiger partial charge in [-0.2, -0.15) is 0 Å². The minimum absolute atomic E-state index is 0.382. The van der Waals surface area contributed by atoms with E-state index in [1.807, 2.05) is 13.1 Å². The van der Waals surface area contributed by atoms with Crippen LogP contribution in [0, 0.1) is 0 Å². The van der Waals surface area contributed by atoms with Gasteiger partial charge < -0.3 is 10.1 Å². The summed E-state index contributed by atoms with van der Waals surface area (Å²) in [7, 11) is 2.03. The molecule has 0 aliphatic carbocycles. The van der Waals surface area contributed by atoms with Crippen LogP contribution < -0.4 is 10.1 Å². The summed E-state index contributed by atoms with van der Waals surface area (Å²) in [5.74, 6) is 1.06. The highest BCUT2D eigenvalue weighted by Crippen LogP contribution is 2.35. The Hall–Kier alpha value is -1.02. The van der Waals surface area contributed by atoms with E-state index in [1.54, 1.807) is 0 Å². The first-order valence-corrected chi connectivity index (χ1v) is 6.28.